The zero-order chi connectivity index (χ0) is 18.3. The number of carbonyl (C=O) groups is 1. The number of sulfone groups is 1. The number of fused-ring (bicyclic) bond motifs is 1. The van der Waals surface area contributed by atoms with E-state index in [2.05, 4.69) is 10.00 Å². The van der Waals surface area contributed by atoms with Crippen molar-refractivity contribution in [3.8, 4) is 0 Å². The van der Waals surface area contributed by atoms with Crippen molar-refractivity contribution in [2.24, 2.45) is 0 Å². The van der Waals surface area contributed by atoms with E-state index in [1.54, 1.807) is 21.8 Å². The fraction of sp³-hybridized carbons (Fsp3) is 0.444. The standard InChI is InChI=1S/C18H22N4O3S/c1-20-8-9-22(17-13-26(24,25)12-16(17)20)18(23)15-5-2-4-14(10-15)11-21-7-3-6-19-21/h2-7,10,16-17H,8-9,11-13H2,1H3/t16-,17+/m1/s1. The van der Waals surface area contributed by atoms with Gasteiger partial charge in [-0.25, -0.2) is 8.42 Å². The maximum Gasteiger partial charge on any atom is 0.254 e. The molecular weight excluding hydrogens is 352 g/mol. The van der Waals surface area contributed by atoms with E-state index in [0.29, 0.717) is 25.2 Å². The molecule has 2 saturated heterocycles. The average Bonchev–Trinajstić information content (AvgIpc) is 3.22. The summed E-state index contributed by atoms with van der Waals surface area (Å²) in [7, 11) is -1.16. The fourth-order valence-electron chi connectivity index (χ4n) is 3.93. The Balaban J connectivity index is 1.57. The Hall–Kier alpha value is -2.19. The summed E-state index contributed by atoms with van der Waals surface area (Å²) in [5.41, 5.74) is 1.59. The lowest BCUT2D eigenvalue weighted by Gasteiger charge is -2.42. The Kier molecular flexibility index (Phi) is 4.32. The van der Waals surface area contributed by atoms with Gasteiger partial charge in [-0.1, -0.05) is 12.1 Å². The van der Waals surface area contributed by atoms with Crippen LogP contribution in [0.2, 0.25) is 0 Å². The van der Waals surface area contributed by atoms with Gasteiger partial charge < -0.3 is 4.90 Å². The molecule has 1 aromatic carbocycles. The number of benzene rings is 1. The molecule has 1 amide bonds. The first-order valence-corrected chi connectivity index (χ1v) is 10.5. The van der Waals surface area contributed by atoms with Gasteiger partial charge in [-0.15, -0.1) is 0 Å². The Bertz CT molecular complexity index is 910. The molecule has 26 heavy (non-hydrogen) atoms. The van der Waals surface area contributed by atoms with Gasteiger partial charge in [0.2, 0.25) is 0 Å². The number of piperazine rings is 1. The largest absolute Gasteiger partial charge is 0.332 e. The van der Waals surface area contributed by atoms with E-state index in [1.807, 2.05) is 37.5 Å². The Morgan fingerprint density at radius 3 is 2.77 bits per heavy atom. The highest BCUT2D eigenvalue weighted by Gasteiger charge is 2.47. The summed E-state index contributed by atoms with van der Waals surface area (Å²) >= 11 is 0. The van der Waals surface area contributed by atoms with Gasteiger partial charge in [0.15, 0.2) is 9.84 Å². The van der Waals surface area contributed by atoms with Gasteiger partial charge in [-0.05, 0) is 30.8 Å². The van der Waals surface area contributed by atoms with Crippen LogP contribution in [0.4, 0.5) is 0 Å². The molecule has 7 nitrogen and oxygen atoms in total. The highest BCUT2D eigenvalue weighted by atomic mass is 32.2. The second kappa shape index (κ2) is 6.51. The van der Waals surface area contributed by atoms with Crippen molar-refractivity contribution in [2.75, 3.05) is 31.6 Å². The second-order valence-corrected chi connectivity index (χ2v) is 9.25. The molecule has 1 aromatic heterocycles. The van der Waals surface area contributed by atoms with E-state index in [9.17, 15) is 13.2 Å². The van der Waals surface area contributed by atoms with Crippen LogP contribution in [0.3, 0.4) is 0 Å². The third-order valence-corrected chi connectivity index (χ3v) is 6.99. The molecule has 8 heteroatoms. The summed E-state index contributed by atoms with van der Waals surface area (Å²) in [6, 6.07) is 8.99. The van der Waals surface area contributed by atoms with Crippen molar-refractivity contribution in [2.45, 2.75) is 18.6 Å². The van der Waals surface area contributed by atoms with E-state index in [1.165, 1.54) is 0 Å². The average molecular weight is 374 g/mol. The zero-order valence-corrected chi connectivity index (χ0v) is 15.5. The Morgan fingerprint density at radius 2 is 2.00 bits per heavy atom. The molecular formula is C18H22N4O3S. The third-order valence-electron chi connectivity index (χ3n) is 5.29. The number of aromatic nitrogens is 2. The van der Waals surface area contributed by atoms with Crippen LogP contribution in [0.1, 0.15) is 15.9 Å². The van der Waals surface area contributed by atoms with Crippen LogP contribution >= 0.6 is 0 Å². The molecule has 2 aliphatic heterocycles. The maximum absolute atomic E-state index is 13.1. The minimum atomic E-state index is -3.10. The zero-order valence-electron chi connectivity index (χ0n) is 14.7. The molecule has 4 rings (SSSR count). The topological polar surface area (TPSA) is 75.5 Å². The minimum absolute atomic E-state index is 0.0563. The summed E-state index contributed by atoms with van der Waals surface area (Å²) in [5.74, 6) is 0.102. The highest BCUT2D eigenvalue weighted by Crippen LogP contribution is 2.27. The SMILES string of the molecule is CN1CCN(C(=O)c2cccc(Cn3cccn3)c2)[C@H]2CS(=O)(=O)C[C@H]21. The predicted molar refractivity (Wildman–Crippen MR) is 97.7 cm³/mol. The Morgan fingerprint density at radius 1 is 1.19 bits per heavy atom. The number of hydrogen-bond acceptors (Lipinski definition) is 5. The fourth-order valence-corrected chi connectivity index (χ4v) is 5.98. The van der Waals surface area contributed by atoms with E-state index in [4.69, 9.17) is 0 Å². The van der Waals surface area contributed by atoms with E-state index >= 15 is 0 Å². The van der Waals surface area contributed by atoms with E-state index in [0.717, 1.165) is 5.56 Å². The van der Waals surface area contributed by atoms with Gasteiger partial charge in [0, 0.05) is 37.1 Å². The van der Waals surface area contributed by atoms with Crippen molar-refractivity contribution in [1.29, 1.82) is 0 Å². The van der Waals surface area contributed by atoms with Crippen LogP contribution in [-0.4, -0.2) is 77.6 Å². The van der Waals surface area contributed by atoms with Crippen molar-refractivity contribution in [3.63, 3.8) is 0 Å². The van der Waals surface area contributed by atoms with Gasteiger partial charge in [0.1, 0.15) is 0 Å². The number of nitrogens with zero attached hydrogens (tertiary/aromatic N) is 4. The number of rotatable bonds is 3. The van der Waals surface area contributed by atoms with Crippen molar-refractivity contribution in [1.82, 2.24) is 19.6 Å². The lowest BCUT2D eigenvalue weighted by molar-refractivity contribution is 0.0410. The van der Waals surface area contributed by atoms with Crippen LogP contribution in [0.15, 0.2) is 42.7 Å². The van der Waals surface area contributed by atoms with Crippen molar-refractivity contribution in [3.05, 3.63) is 53.9 Å². The molecule has 2 fully saturated rings. The molecule has 0 bridgehead atoms. The maximum atomic E-state index is 13.1. The molecule has 0 radical (unpaired) electrons. The van der Waals surface area contributed by atoms with Gasteiger partial charge in [-0.3, -0.25) is 14.4 Å². The quantitative estimate of drug-likeness (QED) is 0.781. The molecule has 0 spiro atoms. The third kappa shape index (κ3) is 3.26. The predicted octanol–water partition coefficient (Wildman–Crippen LogP) is 0.485. The summed E-state index contributed by atoms with van der Waals surface area (Å²) in [4.78, 5) is 16.9. The monoisotopic (exact) mass is 374 g/mol. The lowest BCUT2D eigenvalue weighted by atomic mass is 10.0. The normalized spacial score (nSPS) is 25.2. The van der Waals surface area contributed by atoms with Crippen LogP contribution in [0, 0.1) is 0 Å². The van der Waals surface area contributed by atoms with E-state index in [-0.39, 0.29) is 29.5 Å². The molecule has 0 unspecified atom stereocenters. The van der Waals surface area contributed by atoms with Gasteiger partial charge in [-0.2, -0.15) is 5.10 Å². The molecule has 2 aliphatic rings. The molecule has 0 aliphatic carbocycles. The lowest BCUT2D eigenvalue weighted by Crippen LogP contribution is -2.59. The number of hydrogen-bond donors (Lipinski definition) is 0. The molecule has 3 heterocycles. The summed E-state index contributed by atoms with van der Waals surface area (Å²) in [6.45, 7) is 1.84. The number of likely N-dealkylation sites (N-methyl/N-ethyl adjacent to an activating group) is 1. The Labute approximate surface area is 153 Å². The summed E-state index contributed by atoms with van der Waals surface area (Å²) in [6.07, 6.45) is 3.60. The van der Waals surface area contributed by atoms with Crippen molar-refractivity contribution >= 4 is 15.7 Å². The molecule has 0 saturated carbocycles. The smallest absolute Gasteiger partial charge is 0.254 e. The number of amides is 1. The summed E-state index contributed by atoms with van der Waals surface area (Å²) in [5, 5.41) is 4.19. The van der Waals surface area contributed by atoms with Crippen LogP contribution in [0.25, 0.3) is 0 Å². The van der Waals surface area contributed by atoms with E-state index < -0.39 is 9.84 Å². The molecule has 138 valence electrons. The molecule has 2 atom stereocenters. The first-order chi connectivity index (χ1) is 12.4. The molecule has 0 N–H and O–H groups in total. The van der Waals surface area contributed by atoms with Crippen LogP contribution in [-0.2, 0) is 16.4 Å². The van der Waals surface area contributed by atoms with Gasteiger partial charge >= 0.3 is 0 Å². The highest BCUT2D eigenvalue weighted by molar-refractivity contribution is 7.91. The first kappa shape index (κ1) is 17.2. The second-order valence-electron chi connectivity index (χ2n) is 7.09. The van der Waals surface area contributed by atoms with Gasteiger partial charge in [0.25, 0.3) is 5.91 Å². The van der Waals surface area contributed by atoms with Crippen LogP contribution in [0.5, 0.6) is 0 Å². The molecule has 2 aromatic rings. The number of carbonyl (C=O) groups excluding carboxylic acids is 1. The van der Waals surface area contributed by atoms with Gasteiger partial charge in [0.05, 0.1) is 24.1 Å². The van der Waals surface area contributed by atoms with Crippen molar-refractivity contribution < 1.29 is 13.2 Å². The first-order valence-electron chi connectivity index (χ1n) is 8.71. The van der Waals surface area contributed by atoms with Crippen LogP contribution < -0.4 is 0 Å². The summed E-state index contributed by atoms with van der Waals surface area (Å²) < 4.78 is 26.0. The minimum Gasteiger partial charge on any atom is -0.332 e.